The number of esters is 2. The molecule has 10 nitrogen and oxygen atoms in total. The Bertz CT molecular complexity index is 965. The van der Waals surface area contributed by atoms with E-state index in [-0.39, 0.29) is 33.0 Å². The third-order valence-electron chi connectivity index (χ3n) is 2.85. The second kappa shape index (κ2) is 11.7. The first kappa shape index (κ1) is 24.2. The minimum absolute atomic E-state index is 0. The van der Waals surface area contributed by atoms with Gasteiger partial charge in [-0.05, 0) is 5.56 Å². The number of H-pyrrole nitrogens is 2. The summed E-state index contributed by atoms with van der Waals surface area (Å²) in [7, 11) is 1.20. The molecule has 0 spiro atoms. The summed E-state index contributed by atoms with van der Waals surface area (Å²) >= 11 is 0. The highest BCUT2D eigenvalue weighted by molar-refractivity contribution is 5.86. The van der Waals surface area contributed by atoms with Gasteiger partial charge in [-0.2, -0.15) is 10.3 Å². The van der Waals surface area contributed by atoms with Crippen LogP contribution in [0.1, 0.15) is 41.5 Å². The zero-order chi connectivity index (χ0) is 18.9. The molecule has 1 aromatic carbocycles. The van der Waals surface area contributed by atoms with Crippen molar-refractivity contribution in [2.75, 3.05) is 7.11 Å². The molecule has 0 unspecified atom stereocenters. The zero-order valence-corrected chi connectivity index (χ0v) is 13.5. The van der Waals surface area contributed by atoms with E-state index in [4.69, 9.17) is 4.74 Å². The summed E-state index contributed by atoms with van der Waals surface area (Å²) in [5, 5.41) is 3.97. The van der Waals surface area contributed by atoms with Gasteiger partial charge in [0.05, 0.1) is 19.2 Å². The van der Waals surface area contributed by atoms with Crippen LogP contribution in [-0.2, 0) is 16.1 Å². The second-order valence-electron chi connectivity index (χ2n) is 4.71. The highest BCUT2D eigenvalue weighted by atomic mass is 16.6. The van der Waals surface area contributed by atoms with Crippen molar-refractivity contribution in [3.8, 4) is 0 Å². The lowest BCUT2D eigenvalue weighted by Crippen LogP contribution is -2.04. The summed E-state index contributed by atoms with van der Waals surface area (Å²) in [4.78, 5) is 43.0. The first-order valence-electron chi connectivity index (χ1n) is 7.16. The Morgan fingerprint density at radius 1 is 0.893 bits per heavy atom. The van der Waals surface area contributed by atoms with Crippen molar-refractivity contribution < 1.29 is 28.1 Å². The molecular weight excluding hydrogens is 372 g/mol. The Morgan fingerprint density at radius 3 is 1.82 bits per heavy atom. The number of carbonyl (C=O) groups excluding carboxylic acids is 2. The van der Waals surface area contributed by atoms with Crippen LogP contribution in [0.15, 0.2) is 61.1 Å². The minimum Gasteiger partial charge on any atom is -0.463 e. The number of benzene rings is 1. The SMILES string of the molecule is C.C.COC(=O)c1cc(=O)[nH]o1.O=C(OCc1ccccc1)c1cc(=O)[nH]o1. The predicted octanol–water partition coefficient (Wildman–Crippen LogP) is 2.35. The van der Waals surface area contributed by atoms with E-state index in [9.17, 15) is 19.2 Å². The molecule has 0 fully saturated rings. The summed E-state index contributed by atoms with van der Waals surface area (Å²) in [5.41, 5.74) is -0.0548. The van der Waals surface area contributed by atoms with Crippen molar-refractivity contribution >= 4 is 11.9 Å². The molecule has 3 aromatic rings. The van der Waals surface area contributed by atoms with Gasteiger partial charge in [-0.1, -0.05) is 45.2 Å². The number of aromatic nitrogens is 2. The van der Waals surface area contributed by atoms with Gasteiger partial charge in [0, 0.05) is 0 Å². The summed E-state index contributed by atoms with van der Waals surface area (Å²) in [6.45, 7) is 0.147. The van der Waals surface area contributed by atoms with Crippen LogP contribution in [0.4, 0.5) is 0 Å². The highest BCUT2D eigenvalue weighted by Gasteiger charge is 2.12. The highest BCUT2D eigenvalue weighted by Crippen LogP contribution is 2.03. The Morgan fingerprint density at radius 2 is 1.39 bits per heavy atom. The third-order valence-corrected chi connectivity index (χ3v) is 2.85. The van der Waals surface area contributed by atoms with Crippen LogP contribution in [0.25, 0.3) is 0 Å². The van der Waals surface area contributed by atoms with E-state index in [0.29, 0.717) is 0 Å². The molecule has 0 radical (unpaired) electrons. The fourth-order valence-corrected chi connectivity index (χ4v) is 1.66. The fraction of sp³-hybridized carbons (Fsp3) is 0.222. The maximum atomic E-state index is 11.4. The van der Waals surface area contributed by atoms with E-state index in [2.05, 4.69) is 13.8 Å². The average molecular weight is 394 g/mol. The van der Waals surface area contributed by atoms with Crippen molar-refractivity contribution in [1.29, 1.82) is 0 Å². The number of hydrogen-bond acceptors (Lipinski definition) is 8. The van der Waals surface area contributed by atoms with Crippen LogP contribution in [-0.4, -0.2) is 29.4 Å². The molecule has 10 heteroatoms. The molecule has 0 aliphatic rings. The number of methoxy groups -OCH3 is 1. The number of nitrogens with one attached hydrogen (secondary N) is 2. The molecule has 2 heterocycles. The Hall–Kier alpha value is -3.82. The molecule has 3 rings (SSSR count). The second-order valence-corrected chi connectivity index (χ2v) is 4.71. The van der Waals surface area contributed by atoms with Crippen LogP contribution in [0.2, 0.25) is 0 Å². The standard InChI is InChI=1S/C11H9NO4.C5H5NO4.2CH4/c13-10-6-9(16-12-10)11(14)15-7-8-4-2-1-3-5-8;1-9-5(8)3-2-4(7)6-10-3;;/h1-6H,7H2,(H,12,13);2H,1H3,(H,6,7);2*1H4. The van der Waals surface area contributed by atoms with Crippen molar-refractivity contribution in [3.05, 3.63) is 80.3 Å². The fourth-order valence-electron chi connectivity index (χ4n) is 1.66. The topological polar surface area (TPSA) is 145 Å². The Kier molecular flexibility index (Phi) is 10.1. The lowest BCUT2D eigenvalue weighted by atomic mass is 10.2. The van der Waals surface area contributed by atoms with Gasteiger partial charge in [-0.3, -0.25) is 9.59 Å². The van der Waals surface area contributed by atoms with E-state index in [0.717, 1.165) is 17.7 Å². The van der Waals surface area contributed by atoms with E-state index >= 15 is 0 Å². The summed E-state index contributed by atoms with van der Waals surface area (Å²) in [6.07, 6.45) is 0. The largest absolute Gasteiger partial charge is 0.463 e. The van der Waals surface area contributed by atoms with E-state index in [1.165, 1.54) is 7.11 Å². The molecule has 0 amide bonds. The molecule has 0 atom stereocenters. The molecule has 2 N–H and O–H groups in total. The molecule has 2 aromatic heterocycles. The lowest BCUT2D eigenvalue weighted by Gasteiger charge is -2.01. The predicted molar refractivity (Wildman–Crippen MR) is 99.0 cm³/mol. The zero-order valence-electron chi connectivity index (χ0n) is 13.5. The van der Waals surface area contributed by atoms with Gasteiger partial charge in [0.25, 0.3) is 11.1 Å². The molecule has 0 saturated heterocycles. The number of carbonyl (C=O) groups is 2. The molecule has 0 saturated carbocycles. The lowest BCUT2D eigenvalue weighted by molar-refractivity contribution is 0.0425. The van der Waals surface area contributed by atoms with Gasteiger partial charge in [0.2, 0.25) is 11.5 Å². The molecule has 0 aliphatic carbocycles. The Labute approximate surface area is 160 Å². The molecular formula is C18H22N2O8. The number of hydrogen-bond donors (Lipinski definition) is 2. The normalized spacial score (nSPS) is 9.04. The smallest absolute Gasteiger partial charge is 0.377 e. The van der Waals surface area contributed by atoms with Gasteiger partial charge < -0.3 is 18.5 Å². The van der Waals surface area contributed by atoms with Crippen molar-refractivity contribution in [1.82, 2.24) is 10.3 Å². The van der Waals surface area contributed by atoms with E-state index in [1.54, 1.807) is 0 Å². The first-order chi connectivity index (χ1) is 12.5. The number of aromatic amines is 2. The first-order valence-corrected chi connectivity index (χ1v) is 7.16. The van der Waals surface area contributed by atoms with Crippen molar-refractivity contribution in [2.45, 2.75) is 21.5 Å². The maximum Gasteiger partial charge on any atom is 0.377 e. The quantitative estimate of drug-likeness (QED) is 0.642. The van der Waals surface area contributed by atoms with Gasteiger partial charge in [0.15, 0.2) is 0 Å². The molecule has 0 bridgehead atoms. The van der Waals surface area contributed by atoms with Crippen molar-refractivity contribution in [3.63, 3.8) is 0 Å². The van der Waals surface area contributed by atoms with Crippen LogP contribution < -0.4 is 11.1 Å². The van der Waals surface area contributed by atoms with Gasteiger partial charge in [-0.25, -0.2) is 9.59 Å². The van der Waals surface area contributed by atoms with Gasteiger partial charge in [0.1, 0.15) is 6.61 Å². The monoisotopic (exact) mass is 394 g/mol. The summed E-state index contributed by atoms with van der Waals surface area (Å²) in [5.74, 6) is -1.58. The molecule has 0 aliphatic heterocycles. The van der Waals surface area contributed by atoms with Crippen molar-refractivity contribution in [2.24, 2.45) is 0 Å². The van der Waals surface area contributed by atoms with Crippen LogP contribution in [0, 0.1) is 0 Å². The van der Waals surface area contributed by atoms with E-state index < -0.39 is 23.1 Å². The third kappa shape index (κ3) is 7.20. The average Bonchev–Trinajstić information content (AvgIpc) is 3.29. The van der Waals surface area contributed by atoms with Crippen LogP contribution in [0.5, 0.6) is 0 Å². The van der Waals surface area contributed by atoms with Crippen LogP contribution >= 0.6 is 0 Å². The number of ether oxygens (including phenoxy) is 2. The summed E-state index contributed by atoms with van der Waals surface area (Å²) < 4.78 is 18.2. The maximum absolute atomic E-state index is 11.4. The summed E-state index contributed by atoms with van der Waals surface area (Å²) in [6, 6.07) is 11.3. The van der Waals surface area contributed by atoms with Gasteiger partial charge >= 0.3 is 11.9 Å². The van der Waals surface area contributed by atoms with Crippen LogP contribution in [0.3, 0.4) is 0 Å². The minimum atomic E-state index is -0.668. The number of rotatable bonds is 4. The molecule has 28 heavy (non-hydrogen) atoms. The molecule has 152 valence electrons. The van der Waals surface area contributed by atoms with E-state index in [1.807, 2.05) is 40.6 Å². The Balaban J connectivity index is 0.000000532. The van der Waals surface area contributed by atoms with Gasteiger partial charge in [-0.15, -0.1) is 0 Å².